The van der Waals surface area contributed by atoms with E-state index in [9.17, 15) is 9.59 Å². The molecular formula is C16H13ClO5. The Hall–Kier alpha value is -2.53. The van der Waals surface area contributed by atoms with Crippen LogP contribution in [0.1, 0.15) is 12.8 Å². The molecule has 2 aromatic carbocycles. The van der Waals surface area contributed by atoms with Gasteiger partial charge in [0.25, 0.3) is 0 Å². The van der Waals surface area contributed by atoms with Gasteiger partial charge in [-0.1, -0.05) is 11.6 Å². The molecule has 22 heavy (non-hydrogen) atoms. The Labute approximate surface area is 132 Å². The van der Waals surface area contributed by atoms with Gasteiger partial charge in [0.15, 0.2) is 0 Å². The van der Waals surface area contributed by atoms with Crippen LogP contribution in [0.3, 0.4) is 0 Å². The number of aliphatic carboxylic acids is 1. The van der Waals surface area contributed by atoms with E-state index in [4.69, 9.17) is 26.2 Å². The van der Waals surface area contributed by atoms with Crippen LogP contribution in [-0.2, 0) is 9.59 Å². The first-order chi connectivity index (χ1) is 10.5. The lowest BCUT2D eigenvalue weighted by molar-refractivity contribution is -0.142. The van der Waals surface area contributed by atoms with Crippen LogP contribution in [0.5, 0.6) is 17.2 Å². The highest BCUT2D eigenvalue weighted by molar-refractivity contribution is 6.30. The Morgan fingerprint density at radius 1 is 0.864 bits per heavy atom. The van der Waals surface area contributed by atoms with Gasteiger partial charge in [0.1, 0.15) is 17.2 Å². The molecule has 2 aromatic rings. The van der Waals surface area contributed by atoms with Crippen molar-refractivity contribution in [3.8, 4) is 17.2 Å². The molecule has 0 saturated carbocycles. The molecule has 1 N–H and O–H groups in total. The predicted octanol–water partition coefficient (Wildman–Crippen LogP) is 3.90. The zero-order chi connectivity index (χ0) is 15.9. The van der Waals surface area contributed by atoms with E-state index in [0.717, 1.165) is 0 Å². The predicted molar refractivity (Wildman–Crippen MR) is 80.5 cm³/mol. The van der Waals surface area contributed by atoms with Gasteiger partial charge < -0.3 is 14.6 Å². The molecular weight excluding hydrogens is 308 g/mol. The van der Waals surface area contributed by atoms with Gasteiger partial charge in [0.05, 0.1) is 12.8 Å². The zero-order valence-electron chi connectivity index (χ0n) is 11.5. The van der Waals surface area contributed by atoms with Crippen molar-refractivity contribution in [2.45, 2.75) is 12.8 Å². The summed E-state index contributed by atoms with van der Waals surface area (Å²) in [6, 6.07) is 13.4. The Morgan fingerprint density at radius 3 is 1.91 bits per heavy atom. The van der Waals surface area contributed by atoms with Crippen LogP contribution in [0.4, 0.5) is 0 Å². The normalized spacial score (nSPS) is 10.0. The highest BCUT2D eigenvalue weighted by Gasteiger charge is 2.08. The number of hydrogen-bond acceptors (Lipinski definition) is 4. The third-order valence-corrected chi connectivity index (χ3v) is 2.90. The number of esters is 1. The fourth-order valence-electron chi connectivity index (χ4n) is 1.61. The number of carboxylic acids is 1. The van der Waals surface area contributed by atoms with Crippen molar-refractivity contribution in [2.24, 2.45) is 0 Å². The van der Waals surface area contributed by atoms with Crippen LogP contribution in [0.15, 0.2) is 48.5 Å². The summed E-state index contributed by atoms with van der Waals surface area (Å²) in [5.41, 5.74) is 0. The minimum atomic E-state index is -1.04. The van der Waals surface area contributed by atoms with Crippen LogP contribution in [0, 0.1) is 0 Å². The molecule has 0 atom stereocenters. The van der Waals surface area contributed by atoms with Crippen molar-refractivity contribution in [1.29, 1.82) is 0 Å². The second kappa shape index (κ2) is 7.47. The molecule has 0 radical (unpaired) electrons. The summed E-state index contributed by atoms with van der Waals surface area (Å²) in [6.07, 6.45) is -0.422. The monoisotopic (exact) mass is 320 g/mol. The minimum absolute atomic E-state index is 0.168. The lowest BCUT2D eigenvalue weighted by atomic mass is 10.3. The number of ether oxygens (including phenoxy) is 2. The molecule has 0 heterocycles. The van der Waals surface area contributed by atoms with Crippen LogP contribution in [0.2, 0.25) is 5.02 Å². The molecule has 5 nitrogen and oxygen atoms in total. The molecule has 0 aromatic heterocycles. The van der Waals surface area contributed by atoms with Crippen molar-refractivity contribution in [1.82, 2.24) is 0 Å². The summed E-state index contributed by atoms with van der Waals surface area (Å²) in [5, 5.41) is 9.11. The molecule has 0 aliphatic rings. The van der Waals surface area contributed by atoms with E-state index in [1.165, 1.54) is 0 Å². The highest BCUT2D eigenvalue weighted by Crippen LogP contribution is 2.25. The SMILES string of the molecule is O=C(O)CCC(=O)Oc1ccc(Oc2ccc(Cl)cc2)cc1. The maximum atomic E-state index is 11.4. The second-order valence-corrected chi connectivity index (χ2v) is 4.83. The molecule has 0 unspecified atom stereocenters. The summed E-state index contributed by atoms with van der Waals surface area (Å²) in [6.45, 7) is 0. The van der Waals surface area contributed by atoms with E-state index in [-0.39, 0.29) is 12.8 Å². The first-order valence-electron chi connectivity index (χ1n) is 6.49. The first kappa shape index (κ1) is 15.9. The summed E-state index contributed by atoms with van der Waals surface area (Å²) < 4.78 is 10.6. The van der Waals surface area contributed by atoms with Crippen molar-refractivity contribution in [3.63, 3.8) is 0 Å². The zero-order valence-corrected chi connectivity index (χ0v) is 12.2. The maximum absolute atomic E-state index is 11.4. The van der Waals surface area contributed by atoms with Crippen molar-refractivity contribution < 1.29 is 24.2 Å². The number of halogens is 1. The van der Waals surface area contributed by atoms with E-state index >= 15 is 0 Å². The largest absolute Gasteiger partial charge is 0.481 e. The third kappa shape index (κ3) is 5.10. The van der Waals surface area contributed by atoms with E-state index in [1.54, 1.807) is 48.5 Å². The Morgan fingerprint density at radius 2 is 1.36 bits per heavy atom. The third-order valence-electron chi connectivity index (χ3n) is 2.65. The summed E-state index contributed by atoms with van der Waals surface area (Å²) in [5.74, 6) is -0.0838. The summed E-state index contributed by atoms with van der Waals surface area (Å²) >= 11 is 5.79. The van der Waals surface area contributed by atoms with Crippen LogP contribution >= 0.6 is 11.6 Å². The van der Waals surface area contributed by atoms with E-state index in [0.29, 0.717) is 22.3 Å². The van der Waals surface area contributed by atoms with Crippen LogP contribution < -0.4 is 9.47 Å². The molecule has 0 aliphatic heterocycles. The quantitative estimate of drug-likeness (QED) is 0.645. The van der Waals surface area contributed by atoms with Gasteiger partial charge >= 0.3 is 11.9 Å². The smallest absolute Gasteiger partial charge is 0.311 e. The molecule has 0 bridgehead atoms. The summed E-state index contributed by atoms with van der Waals surface area (Å²) in [4.78, 5) is 21.8. The van der Waals surface area contributed by atoms with Gasteiger partial charge in [-0.3, -0.25) is 9.59 Å². The van der Waals surface area contributed by atoms with Gasteiger partial charge in [-0.15, -0.1) is 0 Å². The lowest BCUT2D eigenvalue weighted by Crippen LogP contribution is -2.10. The lowest BCUT2D eigenvalue weighted by Gasteiger charge is -2.07. The van der Waals surface area contributed by atoms with Crippen LogP contribution in [0.25, 0.3) is 0 Å². The Bertz CT molecular complexity index is 649. The first-order valence-corrected chi connectivity index (χ1v) is 6.87. The summed E-state index contributed by atoms with van der Waals surface area (Å²) in [7, 11) is 0. The van der Waals surface area contributed by atoms with Gasteiger partial charge in [-0.05, 0) is 48.5 Å². The fraction of sp³-hybridized carbons (Fsp3) is 0.125. The molecule has 0 saturated heterocycles. The Kier molecular flexibility index (Phi) is 5.38. The average molecular weight is 321 g/mol. The molecule has 0 aliphatic carbocycles. The number of carbonyl (C=O) groups excluding carboxylic acids is 1. The number of carboxylic acid groups (broad SMARTS) is 1. The number of hydrogen-bond donors (Lipinski definition) is 1. The molecule has 114 valence electrons. The van der Waals surface area contributed by atoms with Crippen molar-refractivity contribution >= 4 is 23.5 Å². The topological polar surface area (TPSA) is 72.8 Å². The van der Waals surface area contributed by atoms with Gasteiger partial charge in [0.2, 0.25) is 0 Å². The minimum Gasteiger partial charge on any atom is -0.481 e. The van der Waals surface area contributed by atoms with E-state index < -0.39 is 11.9 Å². The van der Waals surface area contributed by atoms with Gasteiger partial charge in [0, 0.05) is 5.02 Å². The molecule has 2 rings (SSSR count). The number of benzene rings is 2. The van der Waals surface area contributed by atoms with E-state index in [2.05, 4.69) is 0 Å². The number of carbonyl (C=O) groups is 2. The molecule has 0 fully saturated rings. The highest BCUT2D eigenvalue weighted by atomic mass is 35.5. The van der Waals surface area contributed by atoms with Gasteiger partial charge in [-0.25, -0.2) is 0 Å². The van der Waals surface area contributed by atoms with Crippen molar-refractivity contribution in [3.05, 3.63) is 53.6 Å². The molecule has 6 heteroatoms. The molecule has 0 spiro atoms. The molecule has 0 amide bonds. The van der Waals surface area contributed by atoms with Gasteiger partial charge in [-0.2, -0.15) is 0 Å². The van der Waals surface area contributed by atoms with Crippen molar-refractivity contribution in [2.75, 3.05) is 0 Å². The maximum Gasteiger partial charge on any atom is 0.311 e. The average Bonchev–Trinajstić information content (AvgIpc) is 2.49. The fourth-order valence-corrected chi connectivity index (χ4v) is 1.73. The van der Waals surface area contributed by atoms with Crippen LogP contribution in [-0.4, -0.2) is 17.0 Å². The standard InChI is InChI=1S/C16H13ClO5/c17-11-1-3-12(4-2-11)21-13-5-7-14(8-6-13)22-16(20)10-9-15(18)19/h1-8H,9-10H2,(H,18,19). The number of rotatable bonds is 6. The second-order valence-electron chi connectivity index (χ2n) is 4.40. The van der Waals surface area contributed by atoms with E-state index in [1.807, 2.05) is 0 Å². The Balaban J connectivity index is 1.91.